The second-order valence-electron chi connectivity index (χ2n) is 5.87. The van der Waals surface area contributed by atoms with Crippen molar-refractivity contribution in [1.82, 2.24) is 10.3 Å². The van der Waals surface area contributed by atoms with Crippen molar-refractivity contribution in [3.05, 3.63) is 48.3 Å². The molecule has 6 nitrogen and oxygen atoms in total. The van der Waals surface area contributed by atoms with Crippen LogP contribution in [0.1, 0.15) is 32.4 Å². The molecule has 0 saturated carbocycles. The topological polar surface area (TPSA) is 72.5 Å². The molecule has 2 amide bonds. The number of nitrogens with zero attached hydrogens (tertiary/aromatic N) is 1. The van der Waals surface area contributed by atoms with Gasteiger partial charge in [0, 0.05) is 38.0 Å². The highest BCUT2D eigenvalue weighted by atomic mass is 16.7. The average molecular weight is 313 g/mol. The Hall–Kier alpha value is -2.76. The van der Waals surface area contributed by atoms with Crippen LogP contribution in [0.15, 0.2) is 42.7 Å². The Kier molecular flexibility index (Phi) is 3.82. The molecule has 1 aromatic carbocycles. The highest BCUT2D eigenvalue weighted by Gasteiger charge is 2.31. The molecule has 0 aliphatic carbocycles. The SMILES string of the molecule is C[C@H](NC(=O)Nc1ccc2c(c1)OC(C)(C)O2)c1cccnc1. The Morgan fingerprint density at radius 3 is 2.74 bits per heavy atom. The van der Waals surface area contributed by atoms with Gasteiger partial charge in [-0.2, -0.15) is 0 Å². The van der Waals surface area contributed by atoms with Crippen LogP contribution in [0.4, 0.5) is 10.5 Å². The van der Waals surface area contributed by atoms with Crippen molar-refractivity contribution in [3.8, 4) is 11.5 Å². The van der Waals surface area contributed by atoms with E-state index in [0.717, 1.165) is 5.56 Å². The number of rotatable bonds is 3. The van der Waals surface area contributed by atoms with Gasteiger partial charge >= 0.3 is 6.03 Å². The first-order valence-electron chi connectivity index (χ1n) is 7.42. The van der Waals surface area contributed by atoms with E-state index in [4.69, 9.17) is 9.47 Å². The summed E-state index contributed by atoms with van der Waals surface area (Å²) in [5.74, 6) is 0.607. The van der Waals surface area contributed by atoms with Crippen molar-refractivity contribution in [2.24, 2.45) is 0 Å². The molecule has 2 N–H and O–H groups in total. The van der Waals surface area contributed by atoms with Crippen LogP contribution < -0.4 is 20.1 Å². The number of benzene rings is 1. The van der Waals surface area contributed by atoms with E-state index < -0.39 is 5.79 Å². The number of urea groups is 1. The lowest BCUT2D eigenvalue weighted by Gasteiger charge is -2.16. The van der Waals surface area contributed by atoms with Crippen molar-refractivity contribution < 1.29 is 14.3 Å². The number of hydrogen-bond acceptors (Lipinski definition) is 4. The average Bonchev–Trinajstić information content (AvgIpc) is 2.81. The van der Waals surface area contributed by atoms with Gasteiger partial charge in [-0.1, -0.05) is 6.07 Å². The number of aromatic nitrogens is 1. The van der Waals surface area contributed by atoms with Crippen LogP contribution in [0.5, 0.6) is 11.5 Å². The summed E-state index contributed by atoms with van der Waals surface area (Å²) in [7, 11) is 0. The number of carbonyl (C=O) groups is 1. The van der Waals surface area contributed by atoms with Gasteiger partial charge in [0.1, 0.15) is 0 Å². The molecule has 1 aliphatic rings. The zero-order valence-corrected chi connectivity index (χ0v) is 13.3. The molecule has 1 aliphatic heterocycles. The molecule has 1 aromatic heterocycles. The molecule has 3 rings (SSSR count). The molecule has 23 heavy (non-hydrogen) atoms. The second kappa shape index (κ2) is 5.79. The van der Waals surface area contributed by atoms with Gasteiger partial charge in [-0.3, -0.25) is 4.98 Å². The van der Waals surface area contributed by atoms with Crippen LogP contribution in [-0.4, -0.2) is 16.8 Å². The smallest absolute Gasteiger partial charge is 0.319 e. The van der Waals surface area contributed by atoms with Crippen molar-refractivity contribution in [2.45, 2.75) is 32.6 Å². The van der Waals surface area contributed by atoms with Crippen molar-refractivity contribution in [1.29, 1.82) is 0 Å². The maximum atomic E-state index is 12.1. The van der Waals surface area contributed by atoms with Gasteiger partial charge in [0.05, 0.1) is 6.04 Å². The molecule has 0 fully saturated rings. The van der Waals surface area contributed by atoms with E-state index in [0.29, 0.717) is 17.2 Å². The summed E-state index contributed by atoms with van der Waals surface area (Å²) < 4.78 is 11.3. The van der Waals surface area contributed by atoms with Crippen LogP contribution in [-0.2, 0) is 0 Å². The van der Waals surface area contributed by atoms with Crippen LogP contribution in [0.2, 0.25) is 0 Å². The number of fused-ring (bicyclic) bond motifs is 1. The fourth-order valence-electron chi connectivity index (χ4n) is 2.38. The lowest BCUT2D eigenvalue weighted by Crippen LogP contribution is -2.31. The van der Waals surface area contributed by atoms with E-state index in [9.17, 15) is 4.79 Å². The minimum Gasteiger partial charge on any atom is -0.449 e. The summed E-state index contributed by atoms with van der Waals surface area (Å²) in [6.07, 6.45) is 3.43. The minimum atomic E-state index is -0.683. The Balaban J connectivity index is 1.63. The van der Waals surface area contributed by atoms with Gasteiger partial charge in [-0.05, 0) is 30.7 Å². The number of amides is 2. The number of ether oxygens (including phenoxy) is 2. The van der Waals surface area contributed by atoms with E-state index in [1.165, 1.54) is 0 Å². The molecule has 6 heteroatoms. The summed E-state index contributed by atoms with van der Waals surface area (Å²) in [6.45, 7) is 5.57. The third kappa shape index (κ3) is 3.53. The highest BCUT2D eigenvalue weighted by Crippen LogP contribution is 2.40. The summed E-state index contributed by atoms with van der Waals surface area (Å²) in [5, 5.41) is 5.66. The van der Waals surface area contributed by atoms with E-state index in [2.05, 4.69) is 15.6 Å². The van der Waals surface area contributed by atoms with E-state index in [-0.39, 0.29) is 12.1 Å². The maximum Gasteiger partial charge on any atom is 0.319 e. The number of nitrogens with one attached hydrogen (secondary N) is 2. The summed E-state index contributed by atoms with van der Waals surface area (Å²) in [4.78, 5) is 16.2. The monoisotopic (exact) mass is 313 g/mol. The van der Waals surface area contributed by atoms with Crippen LogP contribution in [0.3, 0.4) is 0 Å². The molecule has 2 aromatic rings. The Morgan fingerprint density at radius 1 is 1.22 bits per heavy atom. The molecule has 2 heterocycles. The Labute approximate surface area is 134 Å². The summed E-state index contributed by atoms with van der Waals surface area (Å²) in [6, 6.07) is 8.63. The van der Waals surface area contributed by atoms with E-state index in [1.807, 2.05) is 32.9 Å². The second-order valence-corrected chi connectivity index (χ2v) is 5.87. The van der Waals surface area contributed by atoms with Gasteiger partial charge in [-0.15, -0.1) is 0 Å². The molecule has 0 radical (unpaired) electrons. The molecular weight excluding hydrogens is 294 g/mol. The van der Waals surface area contributed by atoms with Gasteiger partial charge in [0.15, 0.2) is 11.5 Å². The molecule has 1 atom stereocenters. The molecule has 0 unspecified atom stereocenters. The minimum absolute atomic E-state index is 0.142. The first-order valence-corrected chi connectivity index (χ1v) is 7.42. The molecule has 120 valence electrons. The summed E-state index contributed by atoms with van der Waals surface area (Å²) in [5.41, 5.74) is 1.58. The van der Waals surface area contributed by atoms with Crippen molar-refractivity contribution in [2.75, 3.05) is 5.32 Å². The molecule has 0 saturated heterocycles. The predicted octanol–water partition coefficient (Wildman–Crippen LogP) is 3.47. The normalized spacial score (nSPS) is 15.8. The van der Waals surface area contributed by atoms with Crippen LogP contribution >= 0.6 is 0 Å². The number of pyridine rings is 1. The highest BCUT2D eigenvalue weighted by molar-refractivity contribution is 5.90. The van der Waals surface area contributed by atoms with Crippen molar-refractivity contribution >= 4 is 11.7 Å². The standard InChI is InChI=1S/C17H19N3O3/c1-11(12-5-4-8-18-10-12)19-16(21)20-13-6-7-14-15(9-13)23-17(2,3)22-14/h4-11H,1-3H3,(H2,19,20,21)/t11-/m0/s1. The lowest BCUT2D eigenvalue weighted by atomic mass is 10.1. The number of anilines is 1. The number of hydrogen-bond donors (Lipinski definition) is 2. The van der Waals surface area contributed by atoms with E-state index in [1.54, 1.807) is 30.6 Å². The third-order valence-corrected chi connectivity index (χ3v) is 3.45. The lowest BCUT2D eigenvalue weighted by molar-refractivity contribution is -0.0431. The number of carbonyl (C=O) groups excluding carboxylic acids is 1. The summed E-state index contributed by atoms with van der Waals surface area (Å²) >= 11 is 0. The molecule has 0 spiro atoms. The zero-order chi connectivity index (χ0) is 16.4. The first-order chi connectivity index (χ1) is 10.9. The zero-order valence-electron chi connectivity index (χ0n) is 13.3. The van der Waals surface area contributed by atoms with Gasteiger partial charge < -0.3 is 20.1 Å². The maximum absolute atomic E-state index is 12.1. The fraction of sp³-hybridized carbons (Fsp3) is 0.294. The van der Waals surface area contributed by atoms with Crippen LogP contribution in [0, 0.1) is 0 Å². The van der Waals surface area contributed by atoms with Gasteiger partial charge in [0.25, 0.3) is 0 Å². The largest absolute Gasteiger partial charge is 0.449 e. The van der Waals surface area contributed by atoms with Gasteiger partial charge in [0.2, 0.25) is 5.79 Å². The van der Waals surface area contributed by atoms with Crippen LogP contribution in [0.25, 0.3) is 0 Å². The van der Waals surface area contributed by atoms with E-state index >= 15 is 0 Å². The molecule has 0 bridgehead atoms. The van der Waals surface area contributed by atoms with Gasteiger partial charge in [-0.25, -0.2) is 4.79 Å². The Bertz CT molecular complexity index is 716. The first kappa shape index (κ1) is 15.1. The van der Waals surface area contributed by atoms with Crippen molar-refractivity contribution in [3.63, 3.8) is 0 Å². The fourth-order valence-corrected chi connectivity index (χ4v) is 2.38. The Morgan fingerprint density at radius 2 is 2.00 bits per heavy atom. The third-order valence-electron chi connectivity index (χ3n) is 3.45. The predicted molar refractivity (Wildman–Crippen MR) is 86.6 cm³/mol. The quantitative estimate of drug-likeness (QED) is 0.910. The molecular formula is C17H19N3O3.